The summed E-state index contributed by atoms with van der Waals surface area (Å²) in [6.07, 6.45) is 2.98. The van der Waals surface area contributed by atoms with Gasteiger partial charge in [-0.3, -0.25) is 0 Å². The number of hydrogen-bond acceptors (Lipinski definition) is 7. The van der Waals surface area contributed by atoms with E-state index >= 15 is 0 Å². The van der Waals surface area contributed by atoms with Crippen molar-refractivity contribution in [3.8, 4) is 5.75 Å². The zero-order valence-electron chi connectivity index (χ0n) is 13.5. The maximum Gasteiger partial charge on any atom is 0.377 e. The molecule has 0 aliphatic rings. The quantitative estimate of drug-likeness (QED) is 0.567. The number of nitrogens with zero attached hydrogens (tertiary/aromatic N) is 4. The largest absolute Gasteiger partial charge is 0.377 e. The molecule has 1 aromatic heterocycles. The number of aromatic nitrogens is 3. The molecule has 24 heavy (non-hydrogen) atoms. The minimum atomic E-state index is -4.21. The van der Waals surface area contributed by atoms with Gasteiger partial charge < -0.3 is 9.08 Å². The molecule has 10 heteroatoms. The van der Waals surface area contributed by atoms with Crippen molar-refractivity contribution < 1.29 is 17.4 Å². The van der Waals surface area contributed by atoms with Gasteiger partial charge in [-0.1, -0.05) is 0 Å². The second-order valence-electron chi connectivity index (χ2n) is 4.64. The monoisotopic (exact) mass is 370 g/mol. The Labute approximate surface area is 144 Å². The van der Waals surface area contributed by atoms with Crippen LogP contribution in [0.5, 0.6) is 5.75 Å². The number of thioether (sulfide) groups is 1. The predicted molar refractivity (Wildman–Crippen MR) is 89.8 cm³/mol. The molecule has 0 saturated carbocycles. The Bertz CT molecular complexity index is 798. The van der Waals surface area contributed by atoms with Crippen LogP contribution in [0.2, 0.25) is 0 Å². The molecule has 0 aliphatic heterocycles. The summed E-state index contributed by atoms with van der Waals surface area (Å²) in [6.45, 7) is 4.60. The van der Waals surface area contributed by atoms with E-state index < -0.39 is 21.3 Å². The highest BCUT2D eigenvalue weighted by molar-refractivity contribution is 7.98. The first-order valence-corrected chi connectivity index (χ1v) is 9.84. The van der Waals surface area contributed by atoms with Gasteiger partial charge in [0.15, 0.2) is 0 Å². The van der Waals surface area contributed by atoms with Gasteiger partial charge in [-0.15, -0.1) is 16.9 Å². The van der Waals surface area contributed by atoms with E-state index in [-0.39, 0.29) is 5.75 Å². The van der Waals surface area contributed by atoms with Crippen molar-refractivity contribution in [3.05, 3.63) is 30.6 Å². The lowest BCUT2D eigenvalue weighted by Crippen LogP contribution is -2.34. The lowest BCUT2D eigenvalue weighted by Gasteiger charge is -2.17. The first-order chi connectivity index (χ1) is 11.4. The highest BCUT2D eigenvalue weighted by atomic mass is 32.2. The number of rotatable bonds is 6. The molecule has 0 spiro atoms. The van der Waals surface area contributed by atoms with Gasteiger partial charge in [0.05, 0.1) is 0 Å². The Balaban J connectivity index is 2.19. The molecular weight excluding hydrogens is 352 g/mol. The molecule has 130 valence electrons. The fourth-order valence-electron chi connectivity index (χ4n) is 1.89. The number of amides is 1. The van der Waals surface area contributed by atoms with Crippen LogP contribution in [0.25, 0.3) is 0 Å². The molecule has 1 amide bonds. The van der Waals surface area contributed by atoms with Gasteiger partial charge in [0.25, 0.3) is 0 Å². The molecule has 0 radical (unpaired) electrons. The smallest absolute Gasteiger partial charge is 0.377 e. The Morgan fingerprint density at radius 3 is 2.42 bits per heavy atom. The van der Waals surface area contributed by atoms with E-state index in [0.717, 1.165) is 15.9 Å². The SMILES string of the molecule is CCN(CC)C(=O)n1cnc(S(=O)(=O)Oc2ccc(SC)cc2)n1. The van der Waals surface area contributed by atoms with Gasteiger partial charge in [-0.05, 0) is 44.4 Å². The number of carbonyl (C=O) groups is 1. The maximum atomic E-state index is 12.2. The third-order valence-corrected chi connectivity index (χ3v) is 4.98. The average Bonchev–Trinajstić information content (AvgIpc) is 3.07. The lowest BCUT2D eigenvalue weighted by atomic mass is 10.3. The van der Waals surface area contributed by atoms with Crippen LogP contribution in [0.1, 0.15) is 13.8 Å². The predicted octanol–water partition coefficient (Wildman–Crippen LogP) is 2.08. The zero-order chi connectivity index (χ0) is 17.7. The molecule has 2 rings (SSSR count). The fraction of sp³-hybridized carbons (Fsp3) is 0.357. The van der Waals surface area contributed by atoms with E-state index in [1.165, 1.54) is 16.7 Å². The molecule has 0 N–H and O–H groups in total. The molecule has 0 fully saturated rings. The first kappa shape index (κ1) is 18.3. The molecule has 0 saturated heterocycles. The van der Waals surface area contributed by atoms with E-state index in [1.54, 1.807) is 24.3 Å². The Morgan fingerprint density at radius 2 is 1.88 bits per heavy atom. The summed E-state index contributed by atoms with van der Waals surface area (Å²) in [6, 6.07) is 6.12. The summed E-state index contributed by atoms with van der Waals surface area (Å²) < 4.78 is 30.3. The molecular formula is C14H18N4O4S2. The average molecular weight is 370 g/mol. The molecule has 1 aromatic carbocycles. The van der Waals surface area contributed by atoms with Crippen molar-refractivity contribution in [2.45, 2.75) is 23.9 Å². The summed E-state index contributed by atoms with van der Waals surface area (Å²) in [4.78, 5) is 18.3. The molecule has 0 unspecified atom stereocenters. The van der Waals surface area contributed by atoms with E-state index in [4.69, 9.17) is 4.18 Å². The van der Waals surface area contributed by atoms with Crippen LogP contribution in [-0.4, -0.2) is 53.5 Å². The van der Waals surface area contributed by atoms with Crippen LogP contribution < -0.4 is 4.18 Å². The van der Waals surface area contributed by atoms with E-state index in [1.807, 2.05) is 20.1 Å². The summed E-state index contributed by atoms with van der Waals surface area (Å²) in [5.41, 5.74) is 0. The Hall–Kier alpha value is -2.07. The van der Waals surface area contributed by atoms with E-state index in [0.29, 0.717) is 13.1 Å². The van der Waals surface area contributed by atoms with Crippen LogP contribution in [0.4, 0.5) is 4.79 Å². The van der Waals surface area contributed by atoms with Crippen LogP contribution in [0, 0.1) is 0 Å². The fourth-order valence-corrected chi connectivity index (χ4v) is 3.10. The highest BCUT2D eigenvalue weighted by Gasteiger charge is 2.24. The Kier molecular flexibility index (Phi) is 5.84. The summed E-state index contributed by atoms with van der Waals surface area (Å²) in [5.74, 6) is 0.152. The Morgan fingerprint density at radius 1 is 1.25 bits per heavy atom. The molecule has 0 atom stereocenters. The molecule has 0 bridgehead atoms. The van der Waals surface area contributed by atoms with Gasteiger partial charge in [-0.2, -0.15) is 13.1 Å². The summed E-state index contributed by atoms with van der Waals surface area (Å²) in [7, 11) is -4.21. The highest BCUT2D eigenvalue weighted by Crippen LogP contribution is 2.21. The third kappa shape index (κ3) is 4.06. The first-order valence-electron chi connectivity index (χ1n) is 7.20. The molecule has 1 heterocycles. The van der Waals surface area contributed by atoms with Crippen molar-refractivity contribution in [2.75, 3.05) is 19.3 Å². The van der Waals surface area contributed by atoms with Crippen LogP contribution in [0.3, 0.4) is 0 Å². The molecule has 0 aliphatic carbocycles. The van der Waals surface area contributed by atoms with Gasteiger partial charge in [0, 0.05) is 18.0 Å². The van der Waals surface area contributed by atoms with Crippen LogP contribution in [-0.2, 0) is 10.1 Å². The van der Waals surface area contributed by atoms with Crippen LogP contribution >= 0.6 is 11.8 Å². The van der Waals surface area contributed by atoms with E-state index in [9.17, 15) is 13.2 Å². The molecule has 2 aromatic rings. The second kappa shape index (κ2) is 7.67. The standard InChI is InChI=1S/C14H18N4O4S2/c1-4-17(5-2)14(19)18-10-15-13(16-18)24(20,21)22-11-6-8-12(23-3)9-7-11/h6-10H,4-5H2,1-3H3. The van der Waals surface area contributed by atoms with Crippen molar-refractivity contribution in [1.82, 2.24) is 19.7 Å². The van der Waals surface area contributed by atoms with Crippen molar-refractivity contribution in [3.63, 3.8) is 0 Å². The van der Waals surface area contributed by atoms with Crippen LogP contribution in [0.15, 0.2) is 40.6 Å². The number of benzene rings is 1. The topological polar surface area (TPSA) is 94.4 Å². The van der Waals surface area contributed by atoms with Gasteiger partial charge in [-0.25, -0.2) is 9.78 Å². The minimum absolute atomic E-state index is 0.152. The number of carbonyl (C=O) groups excluding carboxylic acids is 1. The normalized spacial score (nSPS) is 11.3. The van der Waals surface area contributed by atoms with Gasteiger partial charge >= 0.3 is 21.3 Å². The minimum Gasteiger partial charge on any atom is -0.377 e. The molecule has 8 nitrogen and oxygen atoms in total. The maximum absolute atomic E-state index is 12.2. The van der Waals surface area contributed by atoms with Gasteiger partial charge in [0.1, 0.15) is 12.1 Å². The van der Waals surface area contributed by atoms with Crippen molar-refractivity contribution >= 4 is 27.9 Å². The third-order valence-electron chi connectivity index (χ3n) is 3.19. The zero-order valence-corrected chi connectivity index (χ0v) is 15.2. The second-order valence-corrected chi connectivity index (χ2v) is 6.96. The number of hydrogen-bond donors (Lipinski definition) is 0. The lowest BCUT2D eigenvalue weighted by molar-refractivity contribution is 0.201. The van der Waals surface area contributed by atoms with Crippen molar-refractivity contribution in [2.24, 2.45) is 0 Å². The summed E-state index contributed by atoms with van der Waals surface area (Å²) >= 11 is 1.53. The van der Waals surface area contributed by atoms with E-state index in [2.05, 4.69) is 10.1 Å². The van der Waals surface area contributed by atoms with Crippen molar-refractivity contribution in [1.29, 1.82) is 0 Å². The summed E-state index contributed by atoms with van der Waals surface area (Å²) in [5, 5.41) is 3.17. The van der Waals surface area contributed by atoms with Gasteiger partial charge in [0.2, 0.25) is 0 Å².